The summed E-state index contributed by atoms with van der Waals surface area (Å²) in [5, 5.41) is 8.54. The molecule has 0 fully saturated rings. The van der Waals surface area contributed by atoms with Crippen molar-refractivity contribution in [2.24, 2.45) is 0 Å². The lowest BCUT2D eigenvalue weighted by Gasteiger charge is -2.08. The average Bonchev–Trinajstić information content (AvgIpc) is 3.42. The van der Waals surface area contributed by atoms with E-state index in [0.717, 1.165) is 20.8 Å². The number of fused-ring (bicyclic) bond motifs is 1. The van der Waals surface area contributed by atoms with Gasteiger partial charge in [0.2, 0.25) is 5.91 Å². The van der Waals surface area contributed by atoms with E-state index >= 15 is 0 Å². The third kappa shape index (κ3) is 5.46. The molecule has 0 atom stereocenters. The minimum Gasteiger partial charge on any atom is -0.457 e. The van der Waals surface area contributed by atoms with Crippen molar-refractivity contribution in [3.63, 3.8) is 0 Å². The molecule has 4 rings (SSSR count). The van der Waals surface area contributed by atoms with E-state index in [9.17, 15) is 14.0 Å². The van der Waals surface area contributed by atoms with Crippen LogP contribution in [0, 0.1) is 5.82 Å². The summed E-state index contributed by atoms with van der Waals surface area (Å²) >= 11 is 1.54. The van der Waals surface area contributed by atoms with Crippen LogP contribution in [0.1, 0.15) is 11.3 Å². The van der Waals surface area contributed by atoms with Crippen LogP contribution in [0.15, 0.2) is 65.1 Å². The molecule has 158 valence electrons. The van der Waals surface area contributed by atoms with Crippen LogP contribution in [-0.4, -0.2) is 23.5 Å². The Labute approximate surface area is 181 Å². The number of para-hydroxylation sites is 1. The SMILES string of the molecule is O=C(CNC(=O)NCc1ccc(F)cc1)NCc1ccc(-c2nc3ccccc3s2)o1. The van der Waals surface area contributed by atoms with Gasteiger partial charge in [-0.3, -0.25) is 4.79 Å². The topological polar surface area (TPSA) is 96.3 Å². The Morgan fingerprint density at radius 2 is 1.74 bits per heavy atom. The highest BCUT2D eigenvalue weighted by Crippen LogP contribution is 2.31. The highest BCUT2D eigenvalue weighted by atomic mass is 32.1. The van der Waals surface area contributed by atoms with Gasteiger partial charge in [0.25, 0.3) is 0 Å². The van der Waals surface area contributed by atoms with Crippen molar-refractivity contribution in [1.82, 2.24) is 20.9 Å². The number of carbonyl (C=O) groups excluding carboxylic acids is 2. The second-order valence-electron chi connectivity index (χ2n) is 6.69. The van der Waals surface area contributed by atoms with Gasteiger partial charge in [-0.25, -0.2) is 14.2 Å². The van der Waals surface area contributed by atoms with E-state index in [1.807, 2.05) is 30.3 Å². The standard InChI is InChI=1S/C22H19FN4O3S/c23-15-7-5-14(6-8-15)11-25-22(29)26-13-20(28)24-12-16-9-10-18(30-16)21-27-17-3-1-2-4-19(17)31-21/h1-10H,11-13H2,(H,24,28)(H2,25,26,29). The molecule has 0 aliphatic carbocycles. The van der Waals surface area contributed by atoms with E-state index < -0.39 is 6.03 Å². The minimum atomic E-state index is -0.490. The molecule has 0 unspecified atom stereocenters. The molecule has 9 heteroatoms. The largest absolute Gasteiger partial charge is 0.457 e. The molecule has 0 saturated carbocycles. The number of hydrogen-bond acceptors (Lipinski definition) is 5. The Bertz CT molecular complexity index is 1170. The monoisotopic (exact) mass is 438 g/mol. The molecule has 2 heterocycles. The number of thiazole rings is 1. The van der Waals surface area contributed by atoms with E-state index in [4.69, 9.17) is 4.42 Å². The van der Waals surface area contributed by atoms with Crippen LogP contribution in [0.3, 0.4) is 0 Å². The van der Waals surface area contributed by atoms with Gasteiger partial charge in [0, 0.05) is 6.54 Å². The lowest BCUT2D eigenvalue weighted by Crippen LogP contribution is -2.41. The van der Waals surface area contributed by atoms with Gasteiger partial charge in [-0.2, -0.15) is 0 Å². The Balaban J connectivity index is 1.21. The van der Waals surface area contributed by atoms with Crippen molar-refractivity contribution < 1.29 is 18.4 Å². The molecular formula is C22H19FN4O3S. The van der Waals surface area contributed by atoms with Crippen LogP contribution in [0.5, 0.6) is 0 Å². The highest BCUT2D eigenvalue weighted by molar-refractivity contribution is 7.21. The molecule has 0 aliphatic rings. The summed E-state index contributed by atoms with van der Waals surface area (Å²) in [6.07, 6.45) is 0. The molecule has 0 saturated heterocycles. The van der Waals surface area contributed by atoms with Crippen LogP contribution >= 0.6 is 11.3 Å². The summed E-state index contributed by atoms with van der Waals surface area (Å²) in [6.45, 7) is 0.248. The van der Waals surface area contributed by atoms with E-state index in [1.54, 1.807) is 18.2 Å². The van der Waals surface area contributed by atoms with Gasteiger partial charge in [0.1, 0.15) is 11.6 Å². The molecule has 0 aliphatic heterocycles. The first-order valence-corrected chi connectivity index (χ1v) is 10.4. The number of benzene rings is 2. The van der Waals surface area contributed by atoms with Crippen molar-refractivity contribution >= 4 is 33.5 Å². The Morgan fingerprint density at radius 1 is 0.935 bits per heavy atom. The molecule has 0 bridgehead atoms. The van der Waals surface area contributed by atoms with E-state index in [0.29, 0.717) is 11.5 Å². The molecule has 31 heavy (non-hydrogen) atoms. The van der Waals surface area contributed by atoms with Crippen LogP contribution in [0.25, 0.3) is 21.0 Å². The number of aromatic nitrogens is 1. The summed E-state index contributed by atoms with van der Waals surface area (Å²) in [4.78, 5) is 28.3. The lowest BCUT2D eigenvalue weighted by atomic mass is 10.2. The maximum Gasteiger partial charge on any atom is 0.315 e. The second-order valence-corrected chi connectivity index (χ2v) is 7.72. The van der Waals surface area contributed by atoms with Crippen molar-refractivity contribution in [2.45, 2.75) is 13.1 Å². The molecule has 2 aromatic carbocycles. The second kappa shape index (κ2) is 9.40. The predicted octanol–water partition coefficient (Wildman–Crippen LogP) is 3.81. The first-order chi connectivity index (χ1) is 15.1. The van der Waals surface area contributed by atoms with Crippen LogP contribution in [0.4, 0.5) is 9.18 Å². The summed E-state index contributed by atoms with van der Waals surface area (Å²) < 4.78 is 19.7. The zero-order valence-electron chi connectivity index (χ0n) is 16.4. The molecule has 3 N–H and O–H groups in total. The van der Waals surface area contributed by atoms with Crippen molar-refractivity contribution in [3.05, 3.63) is 77.8 Å². The van der Waals surface area contributed by atoms with Crippen molar-refractivity contribution in [3.8, 4) is 10.8 Å². The molecule has 2 aromatic heterocycles. The Morgan fingerprint density at radius 3 is 2.55 bits per heavy atom. The summed E-state index contributed by atoms with van der Waals surface area (Å²) in [6, 6.07) is 16.8. The van der Waals surface area contributed by atoms with E-state index in [-0.39, 0.29) is 31.4 Å². The normalized spacial score (nSPS) is 10.7. The van der Waals surface area contributed by atoms with Crippen LogP contribution in [0.2, 0.25) is 0 Å². The van der Waals surface area contributed by atoms with Crippen molar-refractivity contribution in [1.29, 1.82) is 0 Å². The minimum absolute atomic E-state index is 0.180. The Hall–Kier alpha value is -3.72. The number of urea groups is 1. The number of carbonyl (C=O) groups is 2. The summed E-state index contributed by atoms with van der Waals surface area (Å²) in [5.74, 6) is 0.538. The third-order valence-corrected chi connectivity index (χ3v) is 5.45. The zero-order chi connectivity index (χ0) is 21.6. The number of nitrogens with one attached hydrogen (secondary N) is 3. The van der Waals surface area contributed by atoms with Gasteiger partial charge >= 0.3 is 6.03 Å². The van der Waals surface area contributed by atoms with Crippen LogP contribution < -0.4 is 16.0 Å². The number of halogens is 1. The maximum absolute atomic E-state index is 12.9. The van der Waals surface area contributed by atoms with Gasteiger partial charge in [-0.15, -0.1) is 11.3 Å². The molecule has 0 spiro atoms. The fraction of sp³-hybridized carbons (Fsp3) is 0.136. The number of rotatable bonds is 7. The summed E-state index contributed by atoms with van der Waals surface area (Å²) in [7, 11) is 0. The number of furan rings is 1. The molecular weight excluding hydrogens is 419 g/mol. The van der Waals surface area contributed by atoms with Gasteiger partial charge in [-0.1, -0.05) is 24.3 Å². The smallest absolute Gasteiger partial charge is 0.315 e. The van der Waals surface area contributed by atoms with Crippen LogP contribution in [-0.2, 0) is 17.9 Å². The first kappa shape index (κ1) is 20.5. The molecule has 0 radical (unpaired) electrons. The predicted molar refractivity (Wildman–Crippen MR) is 116 cm³/mol. The lowest BCUT2D eigenvalue weighted by molar-refractivity contribution is -0.120. The van der Waals surface area contributed by atoms with Gasteiger partial charge in [0.15, 0.2) is 10.8 Å². The first-order valence-electron chi connectivity index (χ1n) is 9.54. The van der Waals surface area contributed by atoms with Crippen molar-refractivity contribution in [2.75, 3.05) is 6.54 Å². The average molecular weight is 438 g/mol. The fourth-order valence-corrected chi connectivity index (χ4v) is 3.75. The maximum atomic E-state index is 12.9. The van der Waals surface area contributed by atoms with Gasteiger partial charge < -0.3 is 20.4 Å². The van der Waals surface area contributed by atoms with Gasteiger partial charge in [0.05, 0.1) is 23.3 Å². The number of nitrogens with zero attached hydrogens (tertiary/aromatic N) is 1. The third-order valence-electron chi connectivity index (χ3n) is 4.40. The summed E-state index contributed by atoms with van der Waals surface area (Å²) in [5.41, 5.74) is 1.67. The fourth-order valence-electron chi connectivity index (χ4n) is 2.82. The number of amides is 3. The Kier molecular flexibility index (Phi) is 6.23. The molecule has 3 amide bonds. The molecule has 7 nitrogen and oxygen atoms in total. The highest BCUT2D eigenvalue weighted by Gasteiger charge is 2.11. The van der Waals surface area contributed by atoms with Gasteiger partial charge in [-0.05, 0) is 42.0 Å². The zero-order valence-corrected chi connectivity index (χ0v) is 17.2. The quantitative estimate of drug-likeness (QED) is 0.409. The number of hydrogen-bond donors (Lipinski definition) is 3. The molecule has 4 aromatic rings. The van der Waals surface area contributed by atoms with E-state index in [2.05, 4.69) is 20.9 Å². The van der Waals surface area contributed by atoms with E-state index in [1.165, 1.54) is 23.5 Å².